The Balaban J connectivity index is 3.07. The molecule has 0 aliphatic heterocycles. The minimum Gasteiger partial charge on any atom is -0.507 e. The molecule has 3 nitrogen and oxygen atoms in total. The monoisotopic (exact) mass is 272 g/mol. The van der Waals surface area contributed by atoms with Gasteiger partial charge in [0.25, 0.3) is 0 Å². The summed E-state index contributed by atoms with van der Waals surface area (Å²) in [6.45, 7) is 3.74. The molecule has 0 unspecified atom stereocenters. The third-order valence-corrected chi connectivity index (χ3v) is 3.43. The fraction of sp³-hybridized carbons (Fsp3) is 0.364. The molecular formula is C11H13BrO3. The molecule has 0 heterocycles. The van der Waals surface area contributed by atoms with Crippen LogP contribution in [0.2, 0.25) is 0 Å². The molecule has 0 aromatic heterocycles. The minimum absolute atomic E-state index is 0.110. The van der Waals surface area contributed by atoms with E-state index in [0.29, 0.717) is 10.9 Å². The van der Waals surface area contributed by atoms with E-state index in [2.05, 4.69) is 15.9 Å². The molecule has 0 amide bonds. The second-order valence-corrected chi connectivity index (χ2v) is 4.32. The first-order valence-corrected chi connectivity index (χ1v) is 5.42. The highest BCUT2D eigenvalue weighted by Crippen LogP contribution is 2.32. The second-order valence-electron chi connectivity index (χ2n) is 3.52. The molecule has 0 saturated heterocycles. The van der Waals surface area contributed by atoms with Gasteiger partial charge in [0.05, 0.1) is 4.47 Å². The second kappa shape index (κ2) is 4.66. The van der Waals surface area contributed by atoms with Crippen LogP contribution in [-0.2, 0) is 11.2 Å². The van der Waals surface area contributed by atoms with E-state index in [0.717, 1.165) is 16.7 Å². The van der Waals surface area contributed by atoms with E-state index in [-0.39, 0.29) is 12.2 Å². The topological polar surface area (TPSA) is 57.5 Å². The molecule has 0 radical (unpaired) electrons. The van der Waals surface area contributed by atoms with Crippen molar-refractivity contribution < 1.29 is 15.0 Å². The van der Waals surface area contributed by atoms with Gasteiger partial charge >= 0.3 is 5.97 Å². The predicted molar refractivity (Wildman–Crippen MR) is 61.2 cm³/mol. The van der Waals surface area contributed by atoms with Gasteiger partial charge in [-0.2, -0.15) is 0 Å². The maximum absolute atomic E-state index is 10.5. The van der Waals surface area contributed by atoms with Crippen LogP contribution in [-0.4, -0.2) is 16.2 Å². The molecular weight excluding hydrogens is 260 g/mol. The highest BCUT2D eigenvalue weighted by atomic mass is 79.9. The van der Waals surface area contributed by atoms with E-state index in [1.165, 1.54) is 0 Å². The summed E-state index contributed by atoms with van der Waals surface area (Å²) >= 11 is 3.27. The molecule has 15 heavy (non-hydrogen) atoms. The summed E-state index contributed by atoms with van der Waals surface area (Å²) in [6.07, 6.45) is 0.602. The van der Waals surface area contributed by atoms with Gasteiger partial charge in [-0.15, -0.1) is 0 Å². The van der Waals surface area contributed by atoms with Crippen molar-refractivity contribution in [1.29, 1.82) is 0 Å². The number of carboxylic acid groups (broad SMARTS) is 1. The third kappa shape index (κ3) is 2.72. The SMILES string of the molecule is Cc1cc(O)c(Br)c(C)c1CCC(=O)O. The number of hydrogen-bond acceptors (Lipinski definition) is 2. The highest BCUT2D eigenvalue weighted by molar-refractivity contribution is 9.10. The van der Waals surface area contributed by atoms with Gasteiger partial charge < -0.3 is 10.2 Å². The summed E-state index contributed by atoms with van der Waals surface area (Å²) in [5, 5.41) is 18.1. The number of aromatic hydroxyl groups is 1. The number of carbonyl (C=O) groups is 1. The number of carboxylic acids is 1. The molecule has 1 aromatic rings. The zero-order chi connectivity index (χ0) is 11.6. The van der Waals surface area contributed by atoms with Crippen LogP contribution < -0.4 is 0 Å². The van der Waals surface area contributed by atoms with Crippen molar-refractivity contribution in [2.24, 2.45) is 0 Å². The van der Waals surface area contributed by atoms with Crippen LogP contribution >= 0.6 is 15.9 Å². The zero-order valence-corrected chi connectivity index (χ0v) is 10.3. The summed E-state index contributed by atoms with van der Waals surface area (Å²) in [7, 11) is 0. The van der Waals surface area contributed by atoms with E-state index in [4.69, 9.17) is 5.11 Å². The van der Waals surface area contributed by atoms with Gasteiger partial charge in [-0.05, 0) is 59.0 Å². The molecule has 0 aliphatic carbocycles. The Morgan fingerprint density at radius 2 is 2.07 bits per heavy atom. The van der Waals surface area contributed by atoms with Crippen LogP contribution in [0, 0.1) is 13.8 Å². The molecule has 1 aromatic carbocycles. The lowest BCUT2D eigenvalue weighted by Crippen LogP contribution is -2.01. The lowest BCUT2D eigenvalue weighted by Gasteiger charge is -2.12. The summed E-state index contributed by atoms with van der Waals surface area (Å²) in [5.74, 6) is -0.609. The Hall–Kier alpha value is -1.03. The Bertz CT molecular complexity index is 399. The van der Waals surface area contributed by atoms with Gasteiger partial charge in [0, 0.05) is 6.42 Å². The van der Waals surface area contributed by atoms with Crippen LogP contribution in [0.1, 0.15) is 23.1 Å². The zero-order valence-electron chi connectivity index (χ0n) is 8.67. The third-order valence-electron chi connectivity index (χ3n) is 2.42. The van der Waals surface area contributed by atoms with Gasteiger partial charge in [0.2, 0.25) is 0 Å². The maximum Gasteiger partial charge on any atom is 0.303 e. The summed E-state index contributed by atoms with van der Waals surface area (Å²) in [4.78, 5) is 10.5. The van der Waals surface area contributed by atoms with Gasteiger partial charge in [-0.1, -0.05) is 0 Å². The molecule has 1 rings (SSSR count). The fourth-order valence-electron chi connectivity index (χ4n) is 1.59. The molecule has 0 saturated carbocycles. The van der Waals surface area contributed by atoms with Gasteiger partial charge in [-0.25, -0.2) is 0 Å². The molecule has 0 bridgehead atoms. The average Bonchev–Trinajstić information content (AvgIpc) is 2.14. The Morgan fingerprint density at radius 1 is 1.47 bits per heavy atom. The Morgan fingerprint density at radius 3 is 2.60 bits per heavy atom. The number of benzene rings is 1. The summed E-state index contributed by atoms with van der Waals surface area (Å²) in [6, 6.07) is 1.65. The number of halogens is 1. The van der Waals surface area contributed by atoms with E-state index in [1.54, 1.807) is 6.07 Å². The number of aryl methyl sites for hydroxylation is 1. The van der Waals surface area contributed by atoms with E-state index >= 15 is 0 Å². The number of phenolic OH excluding ortho intramolecular Hbond substituents is 1. The fourth-order valence-corrected chi connectivity index (χ4v) is 1.95. The Labute approximate surface area is 96.9 Å². The standard InChI is InChI=1S/C11H13BrO3/c1-6-5-9(13)11(12)7(2)8(6)3-4-10(14)15/h5,13H,3-4H2,1-2H3,(H,14,15). The number of hydrogen-bond donors (Lipinski definition) is 2. The molecule has 4 heteroatoms. The van der Waals surface area contributed by atoms with Crippen molar-refractivity contribution in [3.8, 4) is 5.75 Å². The molecule has 0 spiro atoms. The molecule has 2 N–H and O–H groups in total. The van der Waals surface area contributed by atoms with Gasteiger partial charge in [0.15, 0.2) is 0 Å². The lowest BCUT2D eigenvalue weighted by molar-refractivity contribution is -0.136. The highest BCUT2D eigenvalue weighted by Gasteiger charge is 2.11. The predicted octanol–water partition coefficient (Wildman–Crippen LogP) is 2.79. The smallest absolute Gasteiger partial charge is 0.303 e. The van der Waals surface area contributed by atoms with E-state index in [9.17, 15) is 9.90 Å². The van der Waals surface area contributed by atoms with Crippen LogP contribution in [0.4, 0.5) is 0 Å². The average molecular weight is 273 g/mol. The first kappa shape index (κ1) is 12.0. The van der Waals surface area contributed by atoms with Crippen LogP contribution in [0.25, 0.3) is 0 Å². The maximum atomic E-state index is 10.5. The van der Waals surface area contributed by atoms with Crippen LogP contribution in [0.3, 0.4) is 0 Å². The molecule has 0 fully saturated rings. The first-order valence-electron chi connectivity index (χ1n) is 4.62. The normalized spacial score (nSPS) is 10.3. The number of rotatable bonds is 3. The summed E-state index contributed by atoms with van der Waals surface area (Å²) in [5.41, 5.74) is 2.82. The minimum atomic E-state index is -0.807. The van der Waals surface area contributed by atoms with Crippen molar-refractivity contribution >= 4 is 21.9 Å². The van der Waals surface area contributed by atoms with Gasteiger partial charge in [0.1, 0.15) is 5.75 Å². The lowest BCUT2D eigenvalue weighted by atomic mass is 9.98. The quantitative estimate of drug-likeness (QED) is 0.890. The van der Waals surface area contributed by atoms with Crippen molar-refractivity contribution in [1.82, 2.24) is 0 Å². The Kier molecular flexibility index (Phi) is 3.74. The summed E-state index contributed by atoms with van der Waals surface area (Å²) < 4.78 is 0.647. The van der Waals surface area contributed by atoms with E-state index < -0.39 is 5.97 Å². The first-order chi connectivity index (χ1) is 6.93. The van der Waals surface area contributed by atoms with Crippen molar-refractivity contribution in [3.05, 3.63) is 27.2 Å². The molecule has 82 valence electrons. The van der Waals surface area contributed by atoms with Crippen molar-refractivity contribution in [2.75, 3.05) is 0 Å². The number of aliphatic carboxylic acids is 1. The van der Waals surface area contributed by atoms with E-state index in [1.807, 2.05) is 13.8 Å². The number of phenols is 1. The molecule has 0 atom stereocenters. The largest absolute Gasteiger partial charge is 0.507 e. The van der Waals surface area contributed by atoms with Crippen molar-refractivity contribution in [3.63, 3.8) is 0 Å². The van der Waals surface area contributed by atoms with Crippen LogP contribution in [0.5, 0.6) is 5.75 Å². The molecule has 0 aliphatic rings. The van der Waals surface area contributed by atoms with Gasteiger partial charge in [-0.3, -0.25) is 4.79 Å². The van der Waals surface area contributed by atoms with Crippen molar-refractivity contribution in [2.45, 2.75) is 26.7 Å². The van der Waals surface area contributed by atoms with Crippen LogP contribution in [0.15, 0.2) is 10.5 Å².